The quantitative estimate of drug-likeness (QED) is 0.412. The van der Waals surface area contributed by atoms with Crippen LogP contribution >= 0.6 is 0 Å². The number of benzene rings is 2. The van der Waals surface area contributed by atoms with Gasteiger partial charge in [-0.15, -0.1) is 5.10 Å². The number of hydrogen-bond acceptors (Lipinski definition) is 6. The van der Waals surface area contributed by atoms with Gasteiger partial charge in [-0.1, -0.05) is 25.1 Å². The van der Waals surface area contributed by atoms with Gasteiger partial charge in [-0.25, -0.2) is 4.99 Å². The van der Waals surface area contributed by atoms with Gasteiger partial charge in [0.1, 0.15) is 11.6 Å². The Bertz CT molecular complexity index is 1200. The number of para-hydroxylation sites is 1. The van der Waals surface area contributed by atoms with Gasteiger partial charge in [-0.2, -0.15) is 0 Å². The van der Waals surface area contributed by atoms with Gasteiger partial charge >= 0.3 is 11.9 Å². The summed E-state index contributed by atoms with van der Waals surface area (Å²) < 4.78 is 0. The highest BCUT2D eigenvalue weighted by atomic mass is 16.4. The van der Waals surface area contributed by atoms with Crippen LogP contribution in [0.4, 0.5) is 11.4 Å². The fourth-order valence-corrected chi connectivity index (χ4v) is 4.57. The standard InChI is InChI=1S/C26H31N5O4/c1-4-22-27-25(26(35)31(22)19-9-8-16(2)17(3)14-19)29-28-21-7-5-6-20(24(21)34)18-10-12-30(13-11-18)15-23(32)33/h5-9,14,18,28,34H,4,10-13,15H2,1-3H3,(H,32,33)/b29-25+. The fourth-order valence-electron chi connectivity index (χ4n) is 4.57. The molecule has 2 heterocycles. The number of rotatable bonds is 7. The third-order valence-electron chi connectivity index (χ3n) is 6.69. The van der Waals surface area contributed by atoms with Gasteiger partial charge in [-0.05, 0) is 80.6 Å². The molecule has 184 valence electrons. The Labute approximate surface area is 204 Å². The van der Waals surface area contributed by atoms with Crippen LogP contribution in [0, 0.1) is 13.8 Å². The molecule has 0 spiro atoms. The van der Waals surface area contributed by atoms with Crippen LogP contribution in [-0.2, 0) is 9.59 Å². The molecule has 1 saturated heterocycles. The van der Waals surface area contributed by atoms with Gasteiger partial charge in [0.2, 0.25) is 5.84 Å². The zero-order chi connectivity index (χ0) is 25.1. The van der Waals surface area contributed by atoms with Crippen LogP contribution in [0.15, 0.2) is 46.5 Å². The summed E-state index contributed by atoms with van der Waals surface area (Å²) in [5, 5.41) is 24.1. The highest BCUT2D eigenvalue weighted by Crippen LogP contribution is 2.38. The number of nitrogens with one attached hydrogen (secondary N) is 1. The minimum Gasteiger partial charge on any atom is -0.505 e. The number of piperidine rings is 1. The summed E-state index contributed by atoms with van der Waals surface area (Å²) in [5.74, 6) is -0.295. The van der Waals surface area contributed by atoms with E-state index in [1.807, 2.05) is 56.0 Å². The van der Waals surface area contributed by atoms with Gasteiger partial charge < -0.3 is 10.2 Å². The topological polar surface area (TPSA) is 118 Å². The molecular weight excluding hydrogens is 446 g/mol. The van der Waals surface area contributed by atoms with E-state index in [9.17, 15) is 14.7 Å². The lowest BCUT2D eigenvalue weighted by Crippen LogP contribution is -2.36. The van der Waals surface area contributed by atoms with Gasteiger partial charge in [0.15, 0.2) is 0 Å². The van der Waals surface area contributed by atoms with Crippen molar-refractivity contribution >= 4 is 34.9 Å². The number of hydrogen-bond donors (Lipinski definition) is 3. The average molecular weight is 478 g/mol. The first kappa shape index (κ1) is 24.4. The molecule has 0 atom stereocenters. The van der Waals surface area contributed by atoms with Crippen molar-refractivity contribution in [1.82, 2.24) is 4.90 Å². The number of nitrogens with zero attached hydrogens (tertiary/aromatic N) is 4. The first-order valence-electron chi connectivity index (χ1n) is 11.9. The summed E-state index contributed by atoms with van der Waals surface area (Å²) in [7, 11) is 0. The normalized spacial score (nSPS) is 18.3. The van der Waals surface area contributed by atoms with E-state index >= 15 is 0 Å². The average Bonchev–Trinajstić information content (AvgIpc) is 3.16. The first-order chi connectivity index (χ1) is 16.8. The Balaban J connectivity index is 1.50. The van der Waals surface area contributed by atoms with Crippen molar-refractivity contribution in [2.45, 2.75) is 46.0 Å². The Morgan fingerprint density at radius 3 is 2.57 bits per heavy atom. The second kappa shape index (κ2) is 10.3. The Hall–Kier alpha value is -3.72. The molecular formula is C26H31N5O4. The number of carboxylic acid groups (broad SMARTS) is 1. The molecule has 1 fully saturated rings. The second-order valence-electron chi connectivity index (χ2n) is 9.03. The summed E-state index contributed by atoms with van der Waals surface area (Å²) >= 11 is 0. The molecule has 3 N–H and O–H groups in total. The third-order valence-corrected chi connectivity index (χ3v) is 6.69. The first-order valence-corrected chi connectivity index (χ1v) is 11.9. The minimum absolute atomic E-state index is 0.0330. The van der Waals surface area contributed by atoms with Crippen LogP contribution in [-0.4, -0.2) is 58.3 Å². The van der Waals surface area contributed by atoms with E-state index in [0.717, 1.165) is 35.2 Å². The molecule has 2 aromatic rings. The van der Waals surface area contributed by atoms with E-state index < -0.39 is 5.97 Å². The lowest BCUT2D eigenvalue weighted by molar-refractivity contribution is -0.138. The van der Waals surface area contributed by atoms with Crippen LogP contribution in [0.3, 0.4) is 0 Å². The molecule has 9 heteroatoms. The summed E-state index contributed by atoms with van der Waals surface area (Å²) in [5.41, 5.74) is 7.01. The number of aliphatic imine (C=N–C) groups is 1. The Morgan fingerprint density at radius 1 is 1.17 bits per heavy atom. The number of hydrazone groups is 1. The van der Waals surface area contributed by atoms with Crippen LogP contribution in [0.25, 0.3) is 0 Å². The number of phenolic OH excluding ortho intramolecular Hbond substituents is 1. The molecule has 0 aliphatic carbocycles. The number of carboxylic acids is 1. The lowest BCUT2D eigenvalue weighted by Gasteiger charge is -2.31. The molecule has 9 nitrogen and oxygen atoms in total. The van der Waals surface area contributed by atoms with E-state index in [1.165, 1.54) is 0 Å². The smallest absolute Gasteiger partial charge is 0.317 e. The van der Waals surface area contributed by atoms with E-state index in [4.69, 9.17) is 5.11 Å². The van der Waals surface area contributed by atoms with E-state index in [1.54, 1.807) is 11.0 Å². The third kappa shape index (κ3) is 5.19. The summed E-state index contributed by atoms with van der Waals surface area (Å²) in [6.07, 6.45) is 2.08. The van der Waals surface area contributed by atoms with Crippen molar-refractivity contribution < 1.29 is 19.8 Å². The molecule has 0 radical (unpaired) electrons. The number of carbonyl (C=O) groups excluding carboxylic acids is 1. The number of amidine groups is 2. The predicted molar refractivity (Wildman–Crippen MR) is 136 cm³/mol. The van der Waals surface area contributed by atoms with Gasteiger partial charge in [0.25, 0.3) is 0 Å². The predicted octanol–water partition coefficient (Wildman–Crippen LogP) is 3.85. The number of amides is 1. The molecule has 35 heavy (non-hydrogen) atoms. The maximum absolute atomic E-state index is 13.1. The number of likely N-dealkylation sites (tertiary alicyclic amines) is 1. The van der Waals surface area contributed by atoms with Crippen molar-refractivity contribution in [1.29, 1.82) is 0 Å². The molecule has 2 aliphatic rings. The van der Waals surface area contributed by atoms with Gasteiger partial charge in [0.05, 0.1) is 17.9 Å². The number of aryl methyl sites for hydroxylation is 2. The van der Waals surface area contributed by atoms with E-state index in [0.29, 0.717) is 31.0 Å². The summed E-state index contributed by atoms with van der Waals surface area (Å²) in [4.78, 5) is 32.0. The molecule has 0 aromatic heterocycles. The summed E-state index contributed by atoms with van der Waals surface area (Å²) in [6.45, 7) is 7.32. The van der Waals surface area contributed by atoms with E-state index in [2.05, 4.69) is 15.5 Å². The zero-order valence-electron chi connectivity index (χ0n) is 20.3. The maximum Gasteiger partial charge on any atom is 0.317 e. The van der Waals surface area contributed by atoms with Crippen molar-refractivity contribution in [3.63, 3.8) is 0 Å². The molecule has 4 rings (SSSR count). The largest absolute Gasteiger partial charge is 0.505 e. The Kier molecular flexibility index (Phi) is 7.16. The SMILES string of the molecule is CCC1=N/C(=N/Nc2cccc(C3CCN(CC(=O)O)CC3)c2O)C(=O)N1c1ccc(C)c(C)c1. The van der Waals surface area contributed by atoms with Crippen LogP contribution in [0.1, 0.15) is 48.8 Å². The monoisotopic (exact) mass is 477 g/mol. The Morgan fingerprint density at radius 2 is 1.91 bits per heavy atom. The molecule has 2 aliphatic heterocycles. The van der Waals surface area contributed by atoms with Crippen LogP contribution in [0.2, 0.25) is 0 Å². The number of anilines is 2. The molecule has 0 saturated carbocycles. The molecule has 1 amide bonds. The van der Waals surface area contributed by atoms with Gasteiger partial charge in [0, 0.05) is 6.42 Å². The van der Waals surface area contributed by atoms with Crippen molar-refractivity contribution in [3.8, 4) is 5.75 Å². The number of aromatic hydroxyl groups is 1. The van der Waals surface area contributed by atoms with Crippen molar-refractivity contribution in [2.24, 2.45) is 10.1 Å². The minimum atomic E-state index is -0.831. The highest BCUT2D eigenvalue weighted by Gasteiger charge is 2.32. The fraction of sp³-hybridized carbons (Fsp3) is 0.385. The summed E-state index contributed by atoms with van der Waals surface area (Å²) in [6, 6.07) is 11.3. The maximum atomic E-state index is 13.1. The van der Waals surface area contributed by atoms with Crippen LogP contribution in [0.5, 0.6) is 5.75 Å². The van der Waals surface area contributed by atoms with Crippen LogP contribution < -0.4 is 10.3 Å². The zero-order valence-corrected chi connectivity index (χ0v) is 20.3. The molecule has 0 unspecified atom stereocenters. The van der Waals surface area contributed by atoms with Gasteiger partial charge in [-0.3, -0.25) is 24.8 Å². The number of phenols is 1. The number of carbonyl (C=O) groups is 2. The van der Waals surface area contributed by atoms with Crippen molar-refractivity contribution in [2.75, 3.05) is 30.0 Å². The van der Waals surface area contributed by atoms with E-state index in [-0.39, 0.29) is 30.0 Å². The molecule has 0 bridgehead atoms. The lowest BCUT2D eigenvalue weighted by atomic mass is 9.88. The second-order valence-corrected chi connectivity index (χ2v) is 9.03. The molecule has 2 aromatic carbocycles. The van der Waals surface area contributed by atoms with Crippen molar-refractivity contribution in [3.05, 3.63) is 53.1 Å². The highest BCUT2D eigenvalue weighted by molar-refractivity contribution is 6.54. The number of aliphatic carboxylic acids is 1.